The number of rotatable bonds is 2. The van der Waals surface area contributed by atoms with Crippen LogP contribution < -0.4 is 0 Å². The van der Waals surface area contributed by atoms with Gasteiger partial charge in [0.25, 0.3) is 0 Å². The first kappa shape index (κ1) is 11.6. The van der Waals surface area contributed by atoms with Crippen LogP contribution in [0, 0.1) is 17.3 Å². The highest BCUT2D eigenvalue weighted by Crippen LogP contribution is 2.42. The van der Waals surface area contributed by atoms with E-state index in [1.807, 2.05) is 0 Å². The van der Waals surface area contributed by atoms with Crippen LogP contribution in [0.5, 0.6) is 0 Å². The number of alkyl halides is 1. The lowest BCUT2D eigenvalue weighted by Gasteiger charge is -2.38. The average Bonchev–Trinajstić information content (AvgIpc) is 2.01. The first-order chi connectivity index (χ1) is 5.92. The lowest BCUT2D eigenvalue weighted by atomic mass is 9.70. The van der Waals surface area contributed by atoms with Crippen molar-refractivity contribution in [3.63, 3.8) is 0 Å². The van der Waals surface area contributed by atoms with Crippen LogP contribution in [0.2, 0.25) is 0 Å². The van der Waals surface area contributed by atoms with Crippen LogP contribution in [0.25, 0.3) is 0 Å². The second-order valence-electron chi connectivity index (χ2n) is 5.71. The lowest BCUT2D eigenvalue weighted by molar-refractivity contribution is 0.169. The van der Waals surface area contributed by atoms with Crippen LogP contribution in [-0.2, 0) is 0 Å². The molecule has 1 saturated carbocycles. The smallest absolute Gasteiger partial charge is 0.0197 e. The maximum absolute atomic E-state index is 3.86. The normalized spacial score (nSPS) is 30.5. The molecule has 2 unspecified atom stereocenters. The SMILES string of the molecule is CC(C)C(Br)C1CCCC(C)(C)C1. The molecule has 1 rings (SSSR count). The molecule has 1 heteroatoms. The first-order valence-electron chi connectivity index (χ1n) is 5.56. The molecule has 0 spiro atoms. The fourth-order valence-electron chi connectivity index (χ4n) is 2.57. The fraction of sp³-hybridized carbons (Fsp3) is 1.00. The van der Waals surface area contributed by atoms with Crippen LogP contribution in [0.15, 0.2) is 0 Å². The summed E-state index contributed by atoms with van der Waals surface area (Å²) in [4.78, 5) is 0.729. The number of hydrogen-bond acceptors (Lipinski definition) is 0. The molecule has 0 amide bonds. The van der Waals surface area contributed by atoms with Gasteiger partial charge in [0, 0.05) is 4.83 Å². The van der Waals surface area contributed by atoms with Gasteiger partial charge >= 0.3 is 0 Å². The van der Waals surface area contributed by atoms with Gasteiger partial charge in [0.15, 0.2) is 0 Å². The standard InChI is InChI=1S/C12H23Br/c1-9(2)11(13)10-6-5-7-12(3,4)8-10/h9-11H,5-8H2,1-4H3. The summed E-state index contributed by atoms with van der Waals surface area (Å²) in [6.07, 6.45) is 5.67. The van der Waals surface area contributed by atoms with Gasteiger partial charge in [0.1, 0.15) is 0 Å². The molecule has 0 nitrogen and oxygen atoms in total. The van der Waals surface area contributed by atoms with Crippen molar-refractivity contribution in [2.24, 2.45) is 17.3 Å². The van der Waals surface area contributed by atoms with Crippen molar-refractivity contribution in [3.05, 3.63) is 0 Å². The van der Waals surface area contributed by atoms with Crippen LogP contribution in [0.1, 0.15) is 53.4 Å². The predicted molar refractivity (Wildman–Crippen MR) is 63.3 cm³/mol. The summed E-state index contributed by atoms with van der Waals surface area (Å²) in [6, 6.07) is 0. The summed E-state index contributed by atoms with van der Waals surface area (Å²) in [5, 5.41) is 0. The van der Waals surface area contributed by atoms with Crippen LogP contribution in [-0.4, -0.2) is 4.83 Å². The molecule has 0 aromatic heterocycles. The van der Waals surface area contributed by atoms with Gasteiger partial charge in [-0.3, -0.25) is 0 Å². The van der Waals surface area contributed by atoms with E-state index in [0.717, 1.165) is 16.7 Å². The van der Waals surface area contributed by atoms with E-state index in [1.54, 1.807) is 0 Å². The molecule has 0 radical (unpaired) electrons. The van der Waals surface area contributed by atoms with Crippen molar-refractivity contribution < 1.29 is 0 Å². The Labute approximate surface area is 91.6 Å². The molecule has 0 bridgehead atoms. The Bertz CT molecular complexity index is 161. The van der Waals surface area contributed by atoms with Crippen molar-refractivity contribution in [2.45, 2.75) is 58.2 Å². The fourth-order valence-corrected chi connectivity index (χ4v) is 3.02. The highest BCUT2D eigenvalue weighted by Gasteiger charge is 2.32. The van der Waals surface area contributed by atoms with Gasteiger partial charge < -0.3 is 0 Å². The van der Waals surface area contributed by atoms with Crippen LogP contribution in [0.3, 0.4) is 0 Å². The second kappa shape index (κ2) is 4.33. The molecule has 2 atom stereocenters. The van der Waals surface area contributed by atoms with Crippen molar-refractivity contribution in [1.29, 1.82) is 0 Å². The van der Waals surface area contributed by atoms with Crippen molar-refractivity contribution in [1.82, 2.24) is 0 Å². The largest absolute Gasteiger partial charge is 0.0885 e. The van der Waals surface area contributed by atoms with Gasteiger partial charge in [-0.2, -0.15) is 0 Å². The molecule has 1 aliphatic rings. The Hall–Kier alpha value is 0.480. The van der Waals surface area contributed by atoms with Gasteiger partial charge in [-0.05, 0) is 36.5 Å². The first-order valence-corrected chi connectivity index (χ1v) is 6.48. The van der Waals surface area contributed by atoms with Crippen LogP contribution in [0.4, 0.5) is 0 Å². The summed E-state index contributed by atoms with van der Waals surface area (Å²) in [7, 11) is 0. The third kappa shape index (κ3) is 3.27. The molecule has 13 heavy (non-hydrogen) atoms. The maximum atomic E-state index is 3.86. The zero-order valence-electron chi connectivity index (χ0n) is 9.44. The van der Waals surface area contributed by atoms with E-state index in [0.29, 0.717) is 5.41 Å². The molecule has 78 valence electrons. The Kier molecular flexibility index (Phi) is 3.85. The van der Waals surface area contributed by atoms with E-state index in [2.05, 4.69) is 43.6 Å². The van der Waals surface area contributed by atoms with E-state index in [-0.39, 0.29) is 0 Å². The Morgan fingerprint density at radius 1 is 1.31 bits per heavy atom. The molecule has 0 heterocycles. The molecular formula is C12H23Br. The maximum Gasteiger partial charge on any atom is 0.0197 e. The minimum Gasteiger partial charge on any atom is -0.0885 e. The summed E-state index contributed by atoms with van der Waals surface area (Å²) in [5.74, 6) is 1.68. The van der Waals surface area contributed by atoms with Gasteiger partial charge in [-0.15, -0.1) is 0 Å². The second-order valence-corrected chi connectivity index (χ2v) is 6.77. The van der Waals surface area contributed by atoms with Gasteiger partial charge in [0.05, 0.1) is 0 Å². The average molecular weight is 247 g/mol. The molecule has 0 aliphatic heterocycles. The minimum absolute atomic E-state index is 0.587. The van der Waals surface area contributed by atoms with Crippen molar-refractivity contribution >= 4 is 15.9 Å². The summed E-state index contributed by atoms with van der Waals surface area (Å²) in [5.41, 5.74) is 0.587. The Morgan fingerprint density at radius 3 is 2.38 bits per heavy atom. The number of halogens is 1. The zero-order chi connectivity index (χ0) is 10.1. The van der Waals surface area contributed by atoms with Crippen molar-refractivity contribution in [3.8, 4) is 0 Å². The molecular weight excluding hydrogens is 224 g/mol. The van der Waals surface area contributed by atoms with Crippen LogP contribution >= 0.6 is 15.9 Å². The molecule has 0 saturated heterocycles. The lowest BCUT2D eigenvalue weighted by Crippen LogP contribution is -2.30. The van der Waals surface area contributed by atoms with Gasteiger partial charge in [-0.25, -0.2) is 0 Å². The van der Waals surface area contributed by atoms with E-state index in [1.165, 1.54) is 25.7 Å². The van der Waals surface area contributed by atoms with Gasteiger partial charge in [0.2, 0.25) is 0 Å². The highest BCUT2D eigenvalue weighted by atomic mass is 79.9. The van der Waals surface area contributed by atoms with Crippen molar-refractivity contribution in [2.75, 3.05) is 0 Å². The topological polar surface area (TPSA) is 0 Å². The third-order valence-electron chi connectivity index (χ3n) is 3.33. The Balaban J connectivity index is 2.51. The monoisotopic (exact) mass is 246 g/mol. The molecule has 1 fully saturated rings. The zero-order valence-corrected chi connectivity index (χ0v) is 11.0. The van der Waals surface area contributed by atoms with E-state index >= 15 is 0 Å². The summed E-state index contributed by atoms with van der Waals surface area (Å²) >= 11 is 3.86. The summed E-state index contributed by atoms with van der Waals surface area (Å²) in [6.45, 7) is 9.47. The van der Waals surface area contributed by atoms with E-state index < -0.39 is 0 Å². The highest BCUT2D eigenvalue weighted by molar-refractivity contribution is 9.09. The third-order valence-corrected chi connectivity index (χ3v) is 5.14. The molecule has 0 aromatic rings. The minimum atomic E-state index is 0.587. The number of hydrogen-bond donors (Lipinski definition) is 0. The molecule has 0 aromatic carbocycles. The quantitative estimate of drug-likeness (QED) is 0.624. The molecule has 0 N–H and O–H groups in total. The summed E-state index contributed by atoms with van der Waals surface area (Å²) < 4.78 is 0. The van der Waals surface area contributed by atoms with Gasteiger partial charge in [-0.1, -0.05) is 50.0 Å². The Morgan fingerprint density at radius 2 is 1.92 bits per heavy atom. The molecule has 1 aliphatic carbocycles. The van der Waals surface area contributed by atoms with E-state index in [4.69, 9.17) is 0 Å². The van der Waals surface area contributed by atoms with E-state index in [9.17, 15) is 0 Å². The predicted octanol–water partition coefficient (Wildman–Crippen LogP) is 4.62.